The number of pyridine rings is 1. The number of rotatable bonds is 1. The molecule has 0 unspecified atom stereocenters. The average Bonchev–Trinajstić information content (AvgIpc) is 2.54. The summed E-state index contributed by atoms with van der Waals surface area (Å²) < 4.78 is 1.71. The van der Waals surface area contributed by atoms with Crippen LogP contribution in [0, 0.1) is 0 Å². The summed E-state index contributed by atoms with van der Waals surface area (Å²) in [5, 5.41) is 10.0. The van der Waals surface area contributed by atoms with Crippen molar-refractivity contribution in [3.63, 3.8) is 0 Å². The van der Waals surface area contributed by atoms with Crippen molar-refractivity contribution in [2.24, 2.45) is 0 Å². The van der Waals surface area contributed by atoms with E-state index in [-0.39, 0.29) is 17.5 Å². The fourth-order valence-corrected chi connectivity index (χ4v) is 3.11. The van der Waals surface area contributed by atoms with Crippen LogP contribution in [0.1, 0.15) is 17.4 Å². The Labute approximate surface area is 133 Å². The van der Waals surface area contributed by atoms with Crippen LogP contribution >= 0.6 is 0 Å². The second-order valence-electron chi connectivity index (χ2n) is 5.94. The fourth-order valence-electron chi connectivity index (χ4n) is 3.11. The van der Waals surface area contributed by atoms with E-state index >= 15 is 0 Å². The van der Waals surface area contributed by atoms with Gasteiger partial charge in [-0.05, 0) is 0 Å². The largest absolute Gasteiger partial charge is 0.503 e. The molecular formula is C15H20N4O4. The third-order valence-corrected chi connectivity index (χ3v) is 4.52. The van der Waals surface area contributed by atoms with Gasteiger partial charge in [-0.3, -0.25) is 14.4 Å². The van der Waals surface area contributed by atoms with Crippen LogP contribution in [0.4, 0.5) is 5.82 Å². The Kier molecular flexibility index (Phi) is 3.75. The first-order chi connectivity index (χ1) is 10.9. The second kappa shape index (κ2) is 5.60. The molecule has 2 aliphatic rings. The molecule has 0 saturated carbocycles. The van der Waals surface area contributed by atoms with Gasteiger partial charge in [0.05, 0.1) is 0 Å². The number of hydrogen-bond donors (Lipinski definition) is 1. The third-order valence-electron chi connectivity index (χ3n) is 4.52. The lowest BCUT2D eigenvalue weighted by Crippen LogP contribution is -2.50. The minimum Gasteiger partial charge on any atom is -0.503 e. The zero-order valence-electron chi connectivity index (χ0n) is 13.3. The first kappa shape index (κ1) is 15.4. The molecule has 1 aromatic heterocycles. The minimum atomic E-state index is -0.552. The molecule has 8 nitrogen and oxygen atoms in total. The SMILES string of the molecule is CC(=O)N1CCN(c2cc(=O)c(O)c3n2CCN(C)C3=O)CC1. The van der Waals surface area contributed by atoms with Gasteiger partial charge in [-0.15, -0.1) is 0 Å². The number of amides is 2. The first-order valence-electron chi connectivity index (χ1n) is 7.63. The molecule has 1 N–H and O–H groups in total. The van der Waals surface area contributed by atoms with E-state index < -0.39 is 11.2 Å². The van der Waals surface area contributed by atoms with E-state index in [1.165, 1.54) is 17.9 Å². The van der Waals surface area contributed by atoms with Crippen molar-refractivity contribution >= 4 is 17.6 Å². The number of hydrogen-bond acceptors (Lipinski definition) is 5. The standard InChI is InChI=1S/C15H20N4O4/c1-10(20)17-4-6-18(7-5-17)12-9-11(21)14(22)13-15(23)16(2)3-8-19(12)13/h9,22H,3-8H2,1-2H3. The molecule has 124 valence electrons. The van der Waals surface area contributed by atoms with Crippen LogP contribution in [0.15, 0.2) is 10.9 Å². The van der Waals surface area contributed by atoms with E-state index in [1.54, 1.807) is 16.5 Å². The molecule has 0 bridgehead atoms. The highest BCUT2D eigenvalue weighted by atomic mass is 16.3. The summed E-state index contributed by atoms with van der Waals surface area (Å²) in [6, 6.07) is 1.38. The monoisotopic (exact) mass is 320 g/mol. The Morgan fingerprint density at radius 3 is 2.35 bits per heavy atom. The number of carbonyl (C=O) groups is 2. The second-order valence-corrected chi connectivity index (χ2v) is 5.94. The molecule has 1 saturated heterocycles. The van der Waals surface area contributed by atoms with Crippen molar-refractivity contribution in [3.05, 3.63) is 22.0 Å². The van der Waals surface area contributed by atoms with Crippen LogP contribution in [-0.2, 0) is 11.3 Å². The van der Waals surface area contributed by atoms with Crippen LogP contribution in [0.25, 0.3) is 0 Å². The lowest BCUT2D eigenvalue weighted by molar-refractivity contribution is -0.129. The van der Waals surface area contributed by atoms with E-state index in [0.717, 1.165) is 0 Å². The van der Waals surface area contributed by atoms with Crippen LogP contribution < -0.4 is 10.3 Å². The number of aromatic hydroxyl groups is 1. The number of nitrogens with zero attached hydrogens (tertiary/aromatic N) is 4. The zero-order chi connectivity index (χ0) is 16.7. The molecule has 0 spiro atoms. The Morgan fingerprint density at radius 1 is 1.09 bits per heavy atom. The van der Waals surface area contributed by atoms with Gasteiger partial charge in [-0.25, -0.2) is 0 Å². The summed E-state index contributed by atoms with van der Waals surface area (Å²) in [7, 11) is 1.65. The molecule has 0 aliphatic carbocycles. The number of aromatic nitrogens is 1. The maximum atomic E-state index is 12.3. The fraction of sp³-hybridized carbons (Fsp3) is 0.533. The van der Waals surface area contributed by atoms with Gasteiger partial charge < -0.3 is 24.4 Å². The number of carbonyl (C=O) groups excluding carboxylic acids is 2. The van der Waals surface area contributed by atoms with Gasteiger partial charge in [0, 0.05) is 59.3 Å². The van der Waals surface area contributed by atoms with Gasteiger partial charge in [0.15, 0.2) is 11.4 Å². The highest BCUT2D eigenvalue weighted by molar-refractivity contribution is 5.96. The molecule has 0 aromatic carbocycles. The third kappa shape index (κ3) is 2.54. The van der Waals surface area contributed by atoms with Crippen LogP contribution in [-0.4, -0.2) is 71.1 Å². The molecule has 3 rings (SSSR count). The Balaban J connectivity index is 1.99. The summed E-state index contributed by atoms with van der Waals surface area (Å²) in [4.78, 5) is 41.0. The predicted octanol–water partition coefficient (Wildman–Crippen LogP) is -0.692. The topological polar surface area (TPSA) is 86.1 Å². The van der Waals surface area contributed by atoms with Crippen molar-refractivity contribution in [2.75, 3.05) is 44.7 Å². The Morgan fingerprint density at radius 2 is 1.74 bits per heavy atom. The van der Waals surface area contributed by atoms with E-state index in [4.69, 9.17) is 0 Å². The summed E-state index contributed by atoms with van der Waals surface area (Å²) in [6.45, 7) is 4.92. The quantitative estimate of drug-likeness (QED) is 0.740. The predicted molar refractivity (Wildman–Crippen MR) is 83.8 cm³/mol. The van der Waals surface area contributed by atoms with E-state index in [1.807, 2.05) is 4.90 Å². The summed E-state index contributed by atoms with van der Waals surface area (Å²) in [5.74, 6) is -0.179. The molecule has 23 heavy (non-hydrogen) atoms. The van der Waals surface area contributed by atoms with Crippen molar-refractivity contribution < 1.29 is 14.7 Å². The zero-order valence-corrected chi connectivity index (χ0v) is 13.3. The minimum absolute atomic E-state index is 0.0337. The Hall–Kier alpha value is -2.51. The lowest BCUT2D eigenvalue weighted by atomic mass is 10.2. The van der Waals surface area contributed by atoms with Crippen molar-refractivity contribution in [1.82, 2.24) is 14.4 Å². The number of likely N-dealkylation sites (N-methyl/N-ethyl adjacent to an activating group) is 1. The molecule has 3 heterocycles. The summed E-state index contributed by atoms with van der Waals surface area (Å²) in [6.07, 6.45) is 0. The Bertz CT molecular complexity index is 719. The lowest BCUT2D eigenvalue weighted by Gasteiger charge is -2.38. The normalized spacial score (nSPS) is 18.2. The highest BCUT2D eigenvalue weighted by Gasteiger charge is 2.30. The molecule has 0 atom stereocenters. The number of anilines is 1. The van der Waals surface area contributed by atoms with Crippen molar-refractivity contribution in [1.29, 1.82) is 0 Å². The van der Waals surface area contributed by atoms with Gasteiger partial charge >= 0.3 is 0 Å². The first-order valence-corrected chi connectivity index (χ1v) is 7.63. The average molecular weight is 320 g/mol. The van der Waals surface area contributed by atoms with Crippen LogP contribution in [0.3, 0.4) is 0 Å². The van der Waals surface area contributed by atoms with Gasteiger partial charge in [0.25, 0.3) is 5.91 Å². The van der Waals surface area contributed by atoms with Crippen molar-refractivity contribution in [3.8, 4) is 5.75 Å². The van der Waals surface area contributed by atoms with Crippen LogP contribution in [0.5, 0.6) is 5.75 Å². The number of piperazine rings is 1. The molecule has 2 aliphatic heterocycles. The van der Waals surface area contributed by atoms with Gasteiger partial charge in [-0.2, -0.15) is 0 Å². The van der Waals surface area contributed by atoms with E-state index in [0.29, 0.717) is 45.1 Å². The highest BCUT2D eigenvalue weighted by Crippen LogP contribution is 2.26. The van der Waals surface area contributed by atoms with Crippen molar-refractivity contribution in [2.45, 2.75) is 13.5 Å². The molecule has 8 heteroatoms. The van der Waals surface area contributed by atoms with Gasteiger partial charge in [0.1, 0.15) is 5.82 Å². The maximum absolute atomic E-state index is 12.3. The molecule has 0 radical (unpaired) electrons. The molecular weight excluding hydrogens is 300 g/mol. The van der Waals surface area contributed by atoms with Gasteiger partial charge in [0.2, 0.25) is 11.3 Å². The van der Waals surface area contributed by atoms with Gasteiger partial charge in [-0.1, -0.05) is 0 Å². The summed E-state index contributed by atoms with van der Waals surface area (Å²) in [5.41, 5.74) is -0.501. The van der Waals surface area contributed by atoms with E-state index in [2.05, 4.69) is 0 Å². The summed E-state index contributed by atoms with van der Waals surface area (Å²) >= 11 is 0. The molecule has 2 amide bonds. The molecule has 1 fully saturated rings. The number of fused-ring (bicyclic) bond motifs is 1. The van der Waals surface area contributed by atoms with Crippen LogP contribution in [0.2, 0.25) is 0 Å². The smallest absolute Gasteiger partial charge is 0.274 e. The van der Waals surface area contributed by atoms with E-state index in [9.17, 15) is 19.5 Å². The molecule has 1 aromatic rings. The maximum Gasteiger partial charge on any atom is 0.274 e.